The summed E-state index contributed by atoms with van der Waals surface area (Å²) in [7, 11) is 0. The van der Waals surface area contributed by atoms with Crippen molar-refractivity contribution in [1.82, 2.24) is 19.8 Å². The number of anilines is 1. The molecule has 1 aliphatic rings. The highest BCUT2D eigenvalue weighted by atomic mass is 32.1. The number of nitrogens with one attached hydrogen (secondary N) is 2. The smallest absolute Gasteiger partial charge is 0.226 e. The molecule has 0 saturated carbocycles. The predicted octanol–water partition coefficient (Wildman–Crippen LogP) is 5.32. The Bertz CT molecular complexity index is 1390. The van der Waals surface area contributed by atoms with Gasteiger partial charge in [0, 0.05) is 36.7 Å². The molecule has 1 amide bonds. The Balaban J connectivity index is 1.46. The molecule has 1 aliphatic heterocycles. The lowest BCUT2D eigenvalue weighted by Gasteiger charge is -2.29. The molecule has 1 saturated heterocycles. The molecule has 8 heteroatoms. The van der Waals surface area contributed by atoms with E-state index in [-0.39, 0.29) is 30.1 Å². The molecule has 2 aromatic carbocycles. The van der Waals surface area contributed by atoms with Crippen LogP contribution in [0.3, 0.4) is 0 Å². The average molecular weight is 500 g/mol. The molecule has 3 heterocycles. The van der Waals surface area contributed by atoms with Gasteiger partial charge in [0.05, 0.1) is 23.5 Å². The second-order valence-electron chi connectivity index (χ2n) is 8.69. The maximum atomic E-state index is 14.0. The zero-order valence-electron chi connectivity index (χ0n) is 19.8. The molecule has 36 heavy (non-hydrogen) atoms. The van der Waals surface area contributed by atoms with E-state index in [1.165, 1.54) is 6.07 Å². The van der Waals surface area contributed by atoms with Crippen molar-refractivity contribution in [3.05, 3.63) is 114 Å². The SMILES string of the molecule is Cc1ccccc1-n1cccc1C1C(c2ccccn2)NC(=S)N1CCC(=O)Nc1ccccc1F. The Kier molecular flexibility index (Phi) is 6.77. The number of hydrogen-bond acceptors (Lipinski definition) is 3. The Labute approximate surface area is 214 Å². The maximum Gasteiger partial charge on any atom is 0.226 e. The third kappa shape index (κ3) is 4.72. The summed E-state index contributed by atoms with van der Waals surface area (Å²) in [5.74, 6) is -0.745. The van der Waals surface area contributed by atoms with Gasteiger partial charge in [-0.2, -0.15) is 0 Å². The molecule has 2 N–H and O–H groups in total. The zero-order valence-corrected chi connectivity index (χ0v) is 20.6. The third-order valence-corrected chi connectivity index (χ3v) is 6.74. The summed E-state index contributed by atoms with van der Waals surface area (Å²) < 4.78 is 16.2. The van der Waals surface area contributed by atoms with E-state index in [9.17, 15) is 9.18 Å². The molecule has 4 aromatic rings. The second-order valence-corrected chi connectivity index (χ2v) is 9.07. The number of aromatic nitrogens is 2. The quantitative estimate of drug-likeness (QED) is 0.337. The van der Waals surface area contributed by atoms with Gasteiger partial charge in [-0.3, -0.25) is 9.78 Å². The Morgan fingerprint density at radius 1 is 1.06 bits per heavy atom. The Morgan fingerprint density at radius 3 is 2.61 bits per heavy atom. The number of aryl methyl sites for hydroxylation is 1. The van der Waals surface area contributed by atoms with E-state index in [2.05, 4.69) is 45.3 Å². The molecule has 2 atom stereocenters. The van der Waals surface area contributed by atoms with Crippen LogP contribution in [0.25, 0.3) is 5.69 Å². The number of thiocarbonyl (C=S) groups is 1. The standard InChI is InChI=1S/C28H26FN5OS/c1-19-9-2-5-13-23(19)33-17-8-14-24(33)27-26(22-12-6-7-16-30-22)32-28(36)34(27)18-15-25(35)31-21-11-4-3-10-20(21)29/h2-14,16-17,26-27H,15,18H2,1H3,(H,31,35)(H,32,36). The van der Waals surface area contributed by atoms with Gasteiger partial charge in [0.25, 0.3) is 0 Å². The number of pyridine rings is 1. The van der Waals surface area contributed by atoms with Crippen LogP contribution in [0.2, 0.25) is 0 Å². The summed E-state index contributed by atoms with van der Waals surface area (Å²) in [6, 6.07) is 23.8. The first kappa shape index (κ1) is 23.7. The minimum absolute atomic E-state index is 0.146. The van der Waals surface area contributed by atoms with Gasteiger partial charge in [0.1, 0.15) is 5.82 Å². The summed E-state index contributed by atoms with van der Waals surface area (Å²) in [6.45, 7) is 2.44. The highest BCUT2D eigenvalue weighted by molar-refractivity contribution is 7.80. The fraction of sp³-hybridized carbons (Fsp3) is 0.179. The molecule has 0 spiro atoms. The van der Waals surface area contributed by atoms with E-state index in [4.69, 9.17) is 12.2 Å². The summed E-state index contributed by atoms with van der Waals surface area (Å²) in [5.41, 5.74) is 4.28. The minimum atomic E-state index is -0.464. The number of halogens is 1. The fourth-order valence-corrected chi connectivity index (χ4v) is 4.99. The van der Waals surface area contributed by atoms with Crippen molar-refractivity contribution in [2.24, 2.45) is 0 Å². The molecule has 6 nitrogen and oxygen atoms in total. The molecule has 0 aliphatic carbocycles. The minimum Gasteiger partial charge on any atom is -0.352 e. The van der Waals surface area contributed by atoms with Crippen LogP contribution in [-0.2, 0) is 4.79 Å². The Hall–Kier alpha value is -4.04. The number of nitrogens with zero attached hydrogens (tertiary/aromatic N) is 3. The zero-order chi connectivity index (χ0) is 25.1. The van der Waals surface area contributed by atoms with E-state index in [0.717, 1.165) is 22.6 Å². The van der Waals surface area contributed by atoms with Gasteiger partial charge in [-0.25, -0.2) is 4.39 Å². The van der Waals surface area contributed by atoms with E-state index in [1.54, 1.807) is 24.4 Å². The molecular formula is C28H26FN5OS. The monoisotopic (exact) mass is 499 g/mol. The molecule has 5 rings (SSSR count). The van der Waals surface area contributed by atoms with Crippen molar-refractivity contribution in [3.63, 3.8) is 0 Å². The Morgan fingerprint density at radius 2 is 1.83 bits per heavy atom. The van der Waals surface area contributed by atoms with Gasteiger partial charge in [-0.1, -0.05) is 36.4 Å². The van der Waals surface area contributed by atoms with Crippen LogP contribution in [0.4, 0.5) is 10.1 Å². The number of hydrogen-bond donors (Lipinski definition) is 2. The van der Waals surface area contributed by atoms with Crippen molar-refractivity contribution in [2.75, 3.05) is 11.9 Å². The first-order valence-electron chi connectivity index (χ1n) is 11.8. The summed E-state index contributed by atoms with van der Waals surface area (Å²) in [5, 5.41) is 6.64. The molecule has 0 bridgehead atoms. The lowest BCUT2D eigenvalue weighted by molar-refractivity contribution is -0.116. The van der Waals surface area contributed by atoms with Crippen LogP contribution in [0.1, 0.15) is 35.5 Å². The predicted molar refractivity (Wildman–Crippen MR) is 142 cm³/mol. The topological polar surface area (TPSA) is 62.2 Å². The number of carbonyl (C=O) groups is 1. The van der Waals surface area contributed by atoms with Crippen LogP contribution in [0.15, 0.2) is 91.3 Å². The van der Waals surface area contributed by atoms with Gasteiger partial charge in [-0.15, -0.1) is 0 Å². The fourth-order valence-electron chi connectivity index (χ4n) is 4.65. The number of amides is 1. The van der Waals surface area contributed by atoms with Crippen molar-refractivity contribution in [3.8, 4) is 5.69 Å². The molecule has 2 aromatic heterocycles. The number of rotatable bonds is 7. The maximum absolute atomic E-state index is 14.0. The number of benzene rings is 2. The highest BCUT2D eigenvalue weighted by Gasteiger charge is 2.41. The van der Waals surface area contributed by atoms with Crippen LogP contribution >= 0.6 is 12.2 Å². The summed E-state index contributed by atoms with van der Waals surface area (Å²) in [4.78, 5) is 19.3. The van der Waals surface area contributed by atoms with E-state index in [0.29, 0.717) is 11.7 Å². The lowest BCUT2D eigenvalue weighted by atomic mass is 10.0. The highest BCUT2D eigenvalue weighted by Crippen LogP contribution is 2.39. The van der Waals surface area contributed by atoms with Crippen LogP contribution in [-0.4, -0.2) is 32.0 Å². The van der Waals surface area contributed by atoms with Crippen LogP contribution in [0, 0.1) is 12.7 Å². The molecule has 0 radical (unpaired) electrons. The van der Waals surface area contributed by atoms with Crippen molar-refractivity contribution < 1.29 is 9.18 Å². The van der Waals surface area contributed by atoms with Crippen molar-refractivity contribution in [1.29, 1.82) is 0 Å². The summed E-state index contributed by atoms with van der Waals surface area (Å²) in [6.07, 6.45) is 3.95. The van der Waals surface area contributed by atoms with Crippen molar-refractivity contribution >= 4 is 28.9 Å². The van der Waals surface area contributed by atoms with E-state index in [1.807, 2.05) is 47.5 Å². The second kappa shape index (κ2) is 10.3. The van der Waals surface area contributed by atoms with E-state index < -0.39 is 5.82 Å². The van der Waals surface area contributed by atoms with Gasteiger partial charge < -0.3 is 20.1 Å². The normalized spacial score (nSPS) is 17.2. The van der Waals surface area contributed by atoms with Crippen molar-refractivity contribution in [2.45, 2.75) is 25.4 Å². The lowest BCUT2D eigenvalue weighted by Crippen LogP contribution is -2.33. The van der Waals surface area contributed by atoms with Gasteiger partial charge in [0.15, 0.2) is 5.11 Å². The average Bonchev–Trinajstić information content (AvgIpc) is 3.49. The molecule has 1 fully saturated rings. The molecule has 2 unspecified atom stereocenters. The van der Waals surface area contributed by atoms with Crippen LogP contribution < -0.4 is 10.6 Å². The van der Waals surface area contributed by atoms with Gasteiger partial charge in [0.2, 0.25) is 5.91 Å². The molecular weight excluding hydrogens is 473 g/mol. The largest absolute Gasteiger partial charge is 0.352 e. The summed E-state index contributed by atoms with van der Waals surface area (Å²) >= 11 is 5.74. The van der Waals surface area contributed by atoms with Crippen LogP contribution in [0.5, 0.6) is 0 Å². The van der Waals surface area contributed by atoms with Gasteiger partial charge >= 0.3 is 0 Å². The van der Waals surface area contributed by atoms with E-state index >= 15 is 0 Å². The third-order valence-electron chi connectivity index (χ3n) is 6.38. The van der Waals surface area contributed by atoms with Gasteiger partial charge in [-0.05, 0) is 67.2 Å². The first-order valence-corrected chi connectivity index (χ1v) is 12.2. The number of para-hydroxylation sites is 2. The number of carbonyl (C=O) groups excluding carboxylic acids is 1. The first-order chi connectivity index (χ1) is 17.5. The molecule has 182 valence electrons.